The molecule has 1 amide bonds. The zero-order chi connectivity index (χ0) is 13.8. The van der Waals surface area contributed by atoms with Crippen LogP contribution in [-0.4, -0.2) is 37.4 Å². The maximum Gasteiger partial charge on any atom is 0.138 e. The van der Waals surface area contributed by atoms with E-state index in [-0.39, 0.29) is 12.4 Å². The summed E-state index contributed by atoms with van der Waals surface area (Å²) in [5, 5.41) is 20.5. The van der Waals surface area contributed by atoms with E-state index >= 15 is 0 Å². The number of quaternary nitrogens is 1. The number of halogens is 1. The molecule has 19 heavy (non-hydrogen) atoms. The van der Waals surface area contributed by atoms with Gasteiger partial charge in [0.25, 0.3) is 0 Å². The normalized spacial score (nSPS) is 9.05. The molecular formula is C13H22ClN2O3-. The van der Waals surface area contributed by atoms with Gasteiger partial charge >= 0.3 is 0 Å². The third-order valence-electron chi connectivity index (χ3n) is 2.49. The van der Waals surface area contributed by atoms with Crippen LogP contribution in [0.15, 0.2) is 30.3 Å². The highest BCUT2D eigenvalue weighted by atomic mass is 35.5. The molecule has 110 valence electrons. The number of carbonyl (C=O) groups excluding carboxylic acids is 1. The Morgan fingerprint density at radius 3 is 2.11 bits per heavy atom. The second-order valence-corrected chi connectivity index (χ2v) is 3.71. The molecule has 0 aromatic heterocycles. The van der Waals surface area contributed by atoms with Gasteiger partial charge in [0.1, 0.15) is 12.6 Å². The molecule has 0 aliphatic carbocycles. The lowest BCUT2D eigenvalue weighted by Crippen LogP contribution is -3.11. The molecule has 0 fully saturated rings. The van der Waals surface area contributed by atoms with Gasteiger partial charge in [-0.15, -0.1) is 0 Å². The fourth-order valence-corrected chi connectivity index (χ4v) is 1.40. The van der Waals surface area contributed by atoms with Gasteiger partial charge < -0.3 is 37.6 Å². The average Bonchev–Trinajstić information content (AvgIpc) is 2.37. The molecule has 0 heterocycles. The molecule has 0 spiro atoms. The number of nitrogens with one attached hydrogen (secondary N) is 2. The Kier molecular flexibility index (Phi) is 13.8. The summed E-state index contributed by atoms with van der Waals surface area (Å²) in [4.78, 5) is 11.4. The molecular weight excluding hydrogens is 268 g/mol. The zero-order valence-electron chi connectivity index (χ0n) is 11.4. The number of aliphatic hydroxyl groups excluding tert-OH is 1. The second-order valence-electron chi connectivity index (χ2n) is 3.71. The maximum absolute atomic E-state index is 9.95. The second kappa shape index (κ2) is 13.1. The van der Waals surface area contributed by atoms with E-state index in [1.807, 2.05) is 0 Å². The highest BCUT2D eigenvalue weighted by Gasteiger charge is 1.97. The number of benzene rings is 1. The van der Waals surface area contributed by atoms with Crippen LogP contribution in [0.1, 0.15) is 13.8 Å². The Morgan fingerprint density at radius 2 is 1.79 bits per heavy atom. The van der Waals surface area contributed by atoms with E-state index in [2.05, 4.69) is 19.2 Å². The first kappa shape index (κ1) is 20.0. The predicted octanol–water partition coefficient (Wildman–Crippen LogP) is -3.65. The standard InChI is InChI=1S/C7H7NO2.C6H15NO.ClH/c9-7(10)8-6-4-2-1-3-5-6;1-3-7(4-2)5-6-8;/h1-5,8H,(H,9,10);8H,3-6H2,1-2H3;1H/p-1. The molecule has 5 nitrogen and oxygen atoms in total. The Bertz CT molecular complexity index is 319. The zero-order valence-corrected chi connectivity index (χ0v) is 12.1. The van der Waals surface area contributed by atoms with Crippen molar-refractivity contribution in [1.29, 1.82) is 0 Å². The summed E-state index contributed by atoms with van der Waals surface area (Å²) in [7, 11) is 0. The molecule has 0 bridgehead atoms. The van der Waals surface area contributed by atoms with Crippen LogP contribution in [0, 0.1) is 0 Å². The topological polar surface area (TPSA) is 76.8 Å². The molecule has 0 aliphatic rings. The fourth-order valence-electron chi connectivity index (χ4n) is 1.40. The number of anilines is 1. The highest BCUT2D eigenvalue weighted by molar-refractivity contribution is 5.80. The fraction of sp³-hybridized carbons (Fsp3) is 0.462. The summed E-state index contributed by atoms with van der Waals surface area (Å²) >= 11 is 0. The maximum atomic E-state index is 9.95. The van der Waals surface area contributed by atoms with Crippen molar-refractivity contribution in [3.63, 3.8) is 0 Å². The monoisotopic (exact) mass is 289 g/mol. The van der Waals surface area contributed by atoms with Crippen LogP contribution in [0.4, 0.5) is 10.5 Å². The van der Waals surface area contributed by atoms with Crippen LogP contribution >= 0.6 is 0 Å². The summed E-state index contributed by atoms with van der Waals surface area (Å²) in [5.74, 6) is 0. The molecule has 3 N–H and O–H groups in total. The summed E-state index contributed by atoms with van der Waals surface area (Å²) < 4.78 is 0. The minimum Gasteiger partial charge on any atom is -1.00 e. The van der Waals surface area contributed by atoms with E-state index in [9.17, 15) is 9.90 Å². The Balaban J connectivity index is 0. The van der Waals surface area contributed by atoms with Gasteiger partial charge in [0.15, 0.2) is 0 Å². The lowest BCUT2D eigenvalue weighted by molar-refractivity contribution is -0.896. The van der Waals surface area contributed by atoms with Crippen LogP contribution in [0.2, 0.25) is 0 Å². The van der Waals surface area contributed by atoms with Crippen molar-refractivity contribution in [3.8, 4) is 0 Å². The molecule has 0 unspecified atom stereocenters. The lowest BCUT2D eigenvalue weighted by Gasteiger charge is -2.12. The molecule has 0 saturated carbocycles. The van der Waals surface area contributed by atoms with Gasteiger partial charge in [0.2, 0.25) is 0 Å². The van der Waals surface area contributed by atoms with E-state index in [1.165, 1.54) is 4.90 Å². The third kappa shape index (κ3) is 11.5. The van der Waals surface area contributed by atoms with Crippen molar-refractivity contribution >= 4 is 11.8 Å². The van der Waals surface area contributed by atoms with Crippen LogP contribution in [0.5, 0.6) is 0 Å². The van der Waals surface area contributed by atoms with Gasteiger partial charge in [-0.25, -0.2) is 0 Å². The predicted molar refractivity (Wildman–Crippen MR) is 69.5 cm³/mol. The van der Waals surface area contributed by atoms with E-state index in [4.69, 9.17) is 5.11 Å². The van der Waals surface area contributed by atoms with Gasteiger partial charge in [-0.2, -0.15) is 0 Å². The van der Waals surface area contributed by atoms with E-state index in [0.29, 0.717) is 12.3 Å². The first-order valence-corrected chi connectivity index (χ1v) is 6.11. The van der Waals surface area contributed by atoms with E-state index < -0.39 is 6.09 Å². The third-order valence-corrected chi connectivity index (χ3v) is 2.49. The summed E-state index contributed by atoms with van der Waals surface area (Å²) in [6.45, 7) is 7.72. The number of rotatable bonds is 5. The Labute approximate surface area is 120 Å². The number of para-hydroxylation sites is 1. The van der Waals surface area contributed by atoms with Crippen molar-refractivity contribution in [2.75, 3.05) is 31.6 Å². The summed E-state index contributed by atoms with van der Waals surface area (Å²) in [6.07, 6.45) is -1.29. The van der Waals surface area contributed by atoms with Crippen LogP contribution in [0.3, 0.4) is 0 Å². The van der Waals surface area contributed by atoms with Gasteiger partial charge in [-0.3, -0.25) is 0 Å². The average molecular weight is 290 g/mol. The van der Waals surface area contributed by atoms with Gasteiger partial charge in [0.05, 0.1) is 19.7 Å². The minimum atomic E-state index is -1.29. The van der Waals surface area contributed by atoms with E-state index in [0.717, 1.165) is 19.6 Å². The molecule has 1 rings (SSSR count). The molecule has 0 saturated heterocycles. The van der Waals surface area contributed by atoms with Gasteiger partial charge in [-0.05, 0) is 26.0 Å². The lowest BCUT2D eigenvalue weighted by atomic mass is 10.3. The van der Waals surface area contributed by atoms with Crippen molar-refractivity contribution < 1.29 is 32.3 Å². The molecule has 1 aromatic rings. The minimum absolute atomic E-state index is 0. The van der Waals surface area contributed by atoms with Gasteiger partial charge in [-0.1, -0.05) is 18.2 Å². The Morgan fingerprint density at radius 1 is 1.26 bits per heavy atom. The Hall–Kier alpha value is -1.30. The SMILES string of the molecule is CC[NH+](CC)CCO.O=C([O-])Nc1ccccc1.[Cl-]. The first-order chi connectivity index (χ1) is 8.63. The molecule has 0 aliphatic heterocycles. The van der Waals surface area contributed by atoms with Crippen molar-refractivity contribution in [3.05, 3.63) is 30.3 Å². The van der Waals surface area contributed by atoms with Crippen LogP contribution < -0.4 is 27.7 Å². The summed E-state index contributed by atoms with van der Waals surface area (Å²) in [5.41, 5.74) is 0.530. The van der Waals surface area contributed by atoms with Crippen LogP contribution in [-0.2, 0) is 0 Å². The summed E-state index contributed by atoms with van der Waals surface area (Å²) in [6, 6.07) is 8.59. The molecule has 6 heteroatoms. The van der Waals surface area contributed by atoms with Crippen molar-refractivity contribution in [2.45, 2.75) is 13.8 Å². The molecule has 0 radical (unpaired) electrons. The molecule has 0 atom stereocenters. The van der Waals surface area contributed by atoms with Crippen LogP contribution in [0.25, 0.3) is 0 Å². The number of carboxylic acid groups (broad SMARTS) is 1. The number of likely N-dealkylation sites (N-methyl/N-ethyl adjacent to an activating group) is 1. The van der Waals surface area contributed by atoms with Crippen molar-refractivity contribution in [2.24, 2.45) is 0 Å². The highest BCUT2D eigenvalue weighted by Crippen LogP contribution is 2.02. The number of carbonyl (C=O) groups is 1. The number of aliphatic hydroxyl groups is 1. The first-order valence-electron chi connectivity index (χ1n) is 6.11. The largest absolute Gasteiger partial charge is 1.00 e. The van der Waals surface area contributed by atoms with E-state index in [1.54, 1.807) is 30.3 Å². The quantitative estimate of drug-likeness (QED) is 0.523. The smallest absolute Gasteiger partial charge is 0.138 e. The number of hydrogen-bond donors (Lipinski definition) is 3. The number of hydrogen-bond acceptors (Lipinski definition) is 3. The number of amides is 1. The van der Waals surface area contributed by atoms with Gasteiger partial charge in [0, 0.05) is 5.69 Å². The van der Waals surface area contributed by atoms with Crippen molar-refractivity contribution in [1.82, 2.24) is 0 Å². The molecule has 1 aromatic carbocycles.